The highest BCUT2D eigenvalue weighted by Gasteiger charge is 2.22. The molecule has 0 amide bonds. The molecule has 0 radical (unpaired) electrons. The average Bonchev–Trinajstić information content (AvgIpc) is 2.38. The van der Waals surface area contributed by atoms with Crippen molar-refractivity contribution in [2.75, 3.05) is 11.9 Å². The van der Waals surface area contributed by atoms with Gasteiger partial charge in [0.15, 0.2) is 0 Å². The number of halogens is 2. The van der Waals surface area contributed by atoms with Crippen LogP contribution in [0.15, 0.2) is 46.9 Å². The van der Waals surface area contributed by atoms with Crippen molar-refractivity contribution < 1.29 is 9.13 Å². The van der Waals surface area contributed by atoms with E-state index in [4.69, 9.17) is 4.74 Å². The second-order valence-corrected chi connectivity index (χ2v) is 5.00. The number of hydrogen-bond acceptors (Lipinski definition) is 2. The Hall–Kier alpha value is -1.55. The summed E-state index contributed by atoms with van der Waals surface area (Å²) in [6.07, 6.45) is -0.116. The first-order chi connectivity index (χ1) is 8.74. The topological polar surface area (TPSA) is 21.3 Å². The van der Waals surface area contributed by atoms with E-state index in [9.17, 15) is 4.39 Å². The molecule has 2 aromatic rings. The van der Waals surface area contributed by atoms with Gasteiger partial charge in [-0.1, -0.05) is 34.1 Å². The van der Waals surface area contributed by atoms with Gasteiger partial charge in [-0.25, -0.2) is 4.39 Å². The van der Waals surface area contributed by atoms with E-state index in [1.165, 1.54) is 12.1 Å². The third kappa shape index (κ3) is 2.08. The van der Waals surface area contributed by atoms with E-state index in [0.717, 1.165) is 21.5 Å². The van der Waals surface area contributed by atoms with Crippen molar-refractivity contribution in [1.29, 1.82) is 0 Å². The first kappa shape index (κ1) is 11.5. The van der Waals surface area contributed by atoms with Gasteiger partial charge in [0.1, 0.15) is 17.7 Å². The van der Waals surface area contributed by atoms with Crippen LogP contribution in [-0.4, -0.2) is 6.54 Å². The fourth-order valence-electron chi connectivity index (χ4n) is 2.05. The fourth-order valence-corrected chi connectivity index (χ4v) is 2.66. The van der Waals surface area contributed by atoms with Gasteiger partial charge >= 0.3 is 0 Å². The number of hydrogen-bond donors (Lipinski definition) is 1. The standard InChI is InChI=1S/C14H11BrFNO/c15-11-7-9(16)5-6-10(11)14-8-17-12-3-1-2-4-13(12)18-14/h1-7,14,17H,8H2. The normalized spacial score (nSPS) is 17.6. The Labute approximate surface area is 113 Å². The smallest absolute Gasteiger partial charge is 0.143 e. The highest BCUT2D eigenvalue weighted by molar-refractivity contribution is 9.10. The molecule has 0 saturated carbocycles. The van der Waals surface area contributed by atoms with E-state index in [1.54, 1.807) is 6.07 Å². The molecule has 0 saturated heterocycles. The van der Waals surface area contributed by atoms with Crippen molar-refractivity contribution in [1.82, 2.24) is 0 Å². The first-order valence-electron chi connectivity index (χ1n) is 5.68. The van der Waals surface area contributed by atoms with Gasteiger partial charge in [-0.2, -0.15) is 0 Å². The highest BCUT2D eigenvalue weighted by atomic mass is 79.9. The fraction of sp³-hybridized carbons (Fsp3) is 0.143. The van der Waals surface area contributed by atoms with Gasteiger partial charge in [0.05, 0.1) is 12.2 Å². The van der Waals surface area contributed by atoms with Gasteiger partial charge in [0.25, 0.3) is 0 Å². The van der Waals surface area contributed by atoms with Crippen LogP contribution in [0.1, 0.15) is 11.7 Å². The maximum atomic E-state index is 13.1. The van der Waals surface area contributed by atoms with Gasteiger partial charge in [-0.15, -0.1) is 0 Å². The molecule has 1 N–H and O–H groups in total. The number of nitrogens with one attached hydrogen (secondary N) is 1. The molecule has 0 fully saturated rings. The van der Waals surface area contributed by atoms with Crippen molar-refractivity contribution in [2.24, 2.45) is 0 Å². The summed E-state index contributed by atoms with van der Waals surface area (Å²) in [7, 11) is 0. The van der Waals surface area contributed by atoms with Crippen LogP contribution in [0, 0.1) is 5.82 Å². The SMILES string of the molecule is Fc1ccc(C2CNc3ccccc3O2)c(Br)c1. The van der Waals surface area contributed by atoms with Gasteiger partial charge in [0, 0.05) is 10.0 Å². The lowest BCUT2D eigenvalue weighted by Crippen LogP contribution is -2.23. The van der Waals surface area contributed by atoms with Crippen molar-refractivity contribution in [3.8, 4) is 5.75 Å². The average molecular weight is 308 g/mol. The molecule has 0 aromatic heterocycles. The van der Waals surface area contributed by atoms with Crippen LogP contribution in [0.2, 0.25) is 0 Å². The van der Waals surface area contributed by atoms with Crippen molar-refractivity contribution in [3.05, 3.63) is 58.3 Å². The quantitative estimate of drug-likeness (QED) is 0.855. The molecule has 92 valence electrons. The van der Waals surface area contributed by atoms with Crippen molar-refractivity contribution in [2.45, 2.75) is 6.10 Å². The van der Waals surface area contributed by atoms with E-state index in [1.807, 2.05) is 24.3 Å². The Morgan fingerprint density at radius 3 is 2.89 bits per heavy atom. The second kappa shape index (κ2) is 4.61. The molecule has 1 aliphatic heterocycles. The van der Waals surface area contributed by atoms with Crippen molar-refractivity contribution in [3.63, 3.8) is 0 Å². The van der Waals surface area contributed by atoms with E-state index < -0.39 is 0 Å². The zero-order valence-electron chi connectivity index (χ0n) is 9.49. The van der Waals surface area contributed by atoms with E-state index in [-0.39, 0.29) is 11.9 Å². The van der Waals surface area contributed by atoms with Gasteiger partial charge in [-0.3, -0.25) is 0 Å². The van der Waals surface area contributed by atoms with Gasteiger partial charge in [0.2, 0.25) is 0 Å². The Morgan fingerprint density at radius 1 is 1.22 bits per heavy atom. The molecule has 0 aliphatic carbocycles. The molecular weight excluding hydrogens is 297 g/mol. The van der Waals surface area contributed by atoms with Gasteiger partial charge in [-0.05, 0) is 24.3 Å². The highest BCUT2D eigenvalue weighted by Crippen LogP contribution is 2.36. The van der Waals surface area contributed by atoms with E-state index in [0.29, 0.717) is 6.54 Å². The maximum absolute atomic E-state index is 13.1. The Bertz CT molecular complexity index is 588. The predicted octanol–water partition coefficient (Wildman–Crippen LogP) is 4.13. The van der Waals surface area contributed by atoms with Crippen LogP contribution < -0.4 is 10.1 Å². The summed E-state index contributed by atoms with van der Waals surface area (Å²) in [5.41, 5.74) is 1.94. The molecule has 18 heavy (non-hydrogen) atoms. The van der Waals surface area contributed by atoms with Crippen LogP contribution in [0.25, 0.3) is 0 Å². The predicted molar refractivity (Wildman–Crippen MR) is 72.4 cm³/mol. The Balaban J connectivity index is 1.92. The summed E-state index contributed by atoms with van der Waals surface area (Å²) in [6, 6.07) is 12.5. The van der Waals surface area contributed by atoms with Crippen LogP contribution in [0.4, 0.5) is 10.1 Å². The first-order valence-corrected chi connectivity index (χ1v) is 6.48. The van der Waals surface area contributed by atoms with E-state index >= 15 is 0 Å². The lowest BCUT2D eigenvalue weighted by Gasteiger charge is -2.28. The van der Waals surface area contributed by atoms with Crippen molar-refractivity contribution >= 4 is 21.6 Å². The number of ether oxygens (including phenoxy) is 1. The van der Waals surface area contributed by atoms with E-state index in [2.05, 4.69) is 21.2 Å². The van der Waals surface area contributed by atoms with Crippen LogP contribution in [0.3, 0.4) is 0 Å². The zero-order chi connectivity index (χ0) is 12.5. The minimum absolute atomic E-state index is 0.116. The van der Waals surface area contributed by atoms with Gasteiger partial charge < -0.3 is 10.1 Å². The third-order valence-electron chi connectivity index (χ3n) is 2.94. The Kier molecular flexibility index (Phi) is 2.96. The molecule has 0 bridgehead atoms. The molecule has 1 atom stereocenters. The monoisotopic (exact) mass is 307 g/mol. The molecule has 0 spiro atoms. The summed E-state index contributed by atoms with van der Waals surface area (Å²) in [4.78, 5) is 0. The molecular formula is C14H11BrFNO. The molecule has 2 nitrogen and oxygen atoms in total. The lowest BCUT2D eigenvalue weighted by atomic mass is 10.1. The summed E-state index contributed by atoms with van der Waals surface area (Å²) in [5.74, 6) is 0.569. The molecule has 2 aromatic carbocycles. The summed E-state index contributed by atoms with van der Waals surface area (Å²) < 4.78 is 19.7. The van der Waals surface area contributed by atoms with Crippen LogP contribution >= 0.6 is 15.9 Å². The molecule has 3 rings (SSSR count). The lowest BCUT2D eigenvalue weighted by molar-refractivity contribution is 0.209. The summed E-state index contributed by atoms with van der Waals surface area (Å²) in [5, 5.41) is 3.31. The number of benzene rings is 2. The zero-order valence-corrected chi connectivity index (χ0v) is 11.1. The van der Waals surface area contributed by atoms with Crippen LogP contribution in [0.5, 0.6) is 5.75 Å². The minimum atomic E-state index is -0.255. The molecule has 4 heteroatoms. The molecule has 1 unspecified atom stereocenters. The largest absolute Gasteiger partial charge is 0.482 e. The molecule has 1 heterocycles. The summed E-state index contributed by atoms with van der Waals surface area (Å²) >= 11 is 3.37. The number of anilines is 1. The third-order valence-corrected chi connectivity index (χ3v) is 3.63. The second-order valence-electron chi connectivity index (χ2n) is 4.15. The van der Waals surface area contributed by atoms with Crippen LogP contribution in [-0.2, 0) is 0 Å². The number of fused-ring (bicyclic) bond motifs is 1. The molecule has 1 aliphatic rings. The number of rotatable bonds is 1. The maximum Gasteiger partial charge on any atom is 0.143 e. The minimum Gasteiger partial charge on any atom is -0.482 e. The Morgan fingerprint density at radius 2 is 2.06 bits per heavy atom. The summed E-state index contributed by atoms with van der Waals surface area (Å²) in [6.45, 7) is 0.668. The number of para-hydroxylation sites is 2.